The second-order valence-corrected chi connectivity index (χ2v) is 6.84. The number of hydrogen-bond donors (Lipinski definition) is 1. The van der Waals surface area contributed by atoms with Crippen molar-refractivity contribution in [2.45, 2.75) is 38.1 Å². The van der Waals surface area contributed by atoms with Crippen molar-refractivity contribution in [3.05, 3.63) is 28.2 Å². The number of benzene rings is 1. The van der Waals surface area contributed by atoms with Crippen LogP contribution in [0.3, 0.4) is 0 Å². The minimum absolute atomic E-state index is 0.0873. The van der Waals surface area contributed by atoms with E-state index >= 15 is 0 Å². The van der Waals surface area contributed by atoms with E-state index in [1.807, 2.05) is 4.90 Å². The molecule has 0 aromatic heterocycles. The second kappa shape index (κ2) is 6.47. The van der Waals surface area contributed by atoms with Gasteiger partial charge in [-0.2, -0.15) is 0 Å². The second-order valence-electron chi connectivity index (χ2n) is 6.00. The lowest BCUT2D eigenvalue weighted by Gasteiger charge is -2.23. The van der Waals surface area contributed by atoms with E-state index in [1.165, 1.54) is 12.8 Å². The Morgan fingerprint density at radius 2 is 1.95 bits per heavy atom. The maximum atomic E-state index is 12.4. The number of carbonyl (C=O) groups is 2. The average molecular weight is 341 g/mol. The van der Waals surface area contributed by atoms with E-state index in [-0.39, 0.29) is 24.2 Å². The Morgan fingerprint density at radius 3 is 2.68 bits per heavy atom. The molecule has 1 saturated heterocycles. The Morgan fingerprint density at radius 1 is 1.23 bits per heavy atom. The molecule has 1 saturated carbocycles. The van der Waals surface area contributed by atoms with Crippen molar-refractivity contribution < 1.29 is 9.59 Å². The molecule has 3 rings (SSSR count). The van der Waals surface area contributed by atoms with Crippen molar-refractivity contribution >= 4 is 40.7 Å². The molecule has 2 aliphatic rings. The number of rotatable bonds is 3. The zero-order chi connectivity index (χ0) is 15.7. The third-order valence-electron chi connectivity index (χ3n) is 4.48. The van der Waals surface area contributed by atoms with E-state index in [4.69, 9.17) is 23.2 Å². The van der Waals surface area contributed by atoms with Crippen LogP contribution in [0.1, 0.15) is 32.1 Å². The van der Waals surface area contributed by atoms with Crippen molar-refractivity contribution in [2.24, 2.45) is 5.92 Å². The molecule has 1 aromatic rings. The standard InChI is InChI=1S/C16H18Cl2N2O2/c17-11-5-6-13(18)14(8-11)19-16(22)10-7-15(21)20(9-10)12-3-1-2-4-12/h5-6,8,10,12H,1-4,7,9H2,(H,19,22). The highest BCUT2D eigenvalue weighted by atomic mass is 35.5. The summed E-state index contributed by atoms with van der Waals surface area (Å²) in [6.07, 6.45) is 4.73. The molecule has 4 nitrogen and oxygen atoms in total. The Labute approximate surface area is 139 Å². The molecule has 1 atom stereocenters. The Balaban J connectivity index is 1.65. The number of nitrogens with one attached hydrogen (secondary N) is 1. The molecular weight excluding hydrogens is 323 g/mol. The minimum atomic E-state index is -0.317. The summed E-state index contributed by atoms with van der Waals surface area (Å²) in [4.78, 5) is 26.4. The topological polar surface area (TPSA) is 49.4 Å². The zero-order valence-corrected chi connectivity index (χ0v) is 13.7. The fourth-order valence-corrected chi connectivity index (χ4v) is 3.64. The van der Waals surface area contributed by atoms with Crippen LogP contribution in [0.4, 0.5) is 5.69 Å². The minimum Gasteiger partial charge on any atom is -0.339 e. The van der Waals surface area contributed by atoms with Crippen LogP contribution in [0.2, 0.25) is 10.0 Å². The number of anilines is 1. The van der Waals surface area contributed by atoms with Crippen LogP contribution in [0.5, 0.6) is 0 Å². The molecule has 1 N–H and O–H groups in total. The van der Waals surface area contributed by atoms with Crippen molar-refractivity contribution in [3.63, 3.8) is 0 Å². The number of carbonyl (C=O) groups excluding carboxylic acids is 2. The number of amides is 2. The summed E-state index contributed by atoms with van der Waals surface area (Å²) in [5, 5.41) is 3.74. The Hall–Kier alpha value is -1.26. The molecule has 1 aliphatic carbocycles. The summed E-state index contributed by atoms with van der Waals surface area (Å²) in [6.45, 7) is 0.507. The summed E-state index contributed by atoms with van der Waals surface area (Å²) in [7, 11) is 0. The largest absolute Gasteiger partial charge is 0.339 e. The van der Waals surface area contributed by atoms with Crippen LogP contribution in [0, 0.1) is 5.92 Å². The van der Waals surface area contributed by atoms with Crippen molar-refractivity contribution in [1.82, 2.24) is 4.90 Å². The van der Waals surface area contributed by atoms with Crippen molar-refractivity contribution in [1.29, 1.82) is 0 Å². The summed E-state index contributed by atoms with van der Waals surface area (Å²) in [5.41, 5.74) is 0.492. The van der Waals surface area contributed by atoms with Gasteiger partial charge in [0.05, 0.1) is 16.6 Å². The lowest BCUT2D eigenvalue weighted by molar-refractivity contribution is -0.129. The van der Waals surface area contributed by atoms with Crippen molar-refractivity contribution in [3.8, 4) is 0 Å². The monoisotopic (exact) mass is 340 g/mol. The van der Waals surface area contributed by atoms with Gasteiger partial charge in [0.25, 0.3) is 0 Å². The van der Waals surface area contributed by atoms with E-state index in [9.17, 15) is 9.59 Å². The number of halogens is 2. The van der Waals surface area contributed by atoms with Gasteiger partial charge in [-0.15, -0.1) is 0 Å². The summed E-state index contributed by atoms with van der Waals surface area (Å²) >= 11 is 12.0. The molecule has 2 fully saturated rings. The van der Waals surface area contributed by atoms with E-state index in [0.717, 1.165) is 12.8 Å². The molecule has 1 aliphatic heterocycles. The highest BCUT2D eigenvalue weighted by molar-refractivity contribution is 6.35. The van der Waals surface area contributed by atoms with Gasteiger partial charge < -0.3 is 10.2 Å². The highest BCUT2D eigenvalue weighted by Crippen LogP contribution is 2.31. The molecule has 0 bridgehead atoms. The lowest BCUT2D eigenvalue weighted by atomic mass is 10.1. The average Bonchev–Trinajstić information content (AvgIpc) is 3.11. The van der Waals surface area contributed by atoms with Crippen LogP contribution < -0.4 is 5.32 Å². The number of hydrogen-bond acceptors (Lipinski definition) is 2. The fourth-order valence-electron chi connectivity index (χ4n) is 3.30. The third kappa shape index (κ3) is 3.23. The van der Waals surface area contributed by atoms with Crippen LogP contribution in [0.15, 0.2) is 18.2 Å². The lowest BCUT2D eigenvalue weighted by Crippen LogP contribution is -2.35. The van der Waals surface area contributed by atoms with Crippen LogP contribution in [-0.4, -0.2) is 29.3 Å². The SMILES string of the molecule is O=C(Nc1cc(Cl)ccc1Cl)C1CC(=O)N(C2CCCC2)C1. The van der Waals surface area contributed by atoms with Gasteiger partial charge in [0.15, 0.2) is 0 Å². The maximum absolute atomic E-state index is 12.4. The Bertz CT molecular complexity index is 600. The Kier molecular flexibility index (Phi) is 4.59. The first-order chi connectivity index (χ1) is 10.5. The molecule has 0 spiro atoms. The molecule has 0 radical (unpaired) electrons. The molecule has 1 heterocycles. The van der Waals surface area contributed by atoms with Gasteiger partial charge in [0.2, 0.25) is 11.8 Å². The molecule has 2 amide bonds. The van der Waals surface area contributed by atoms with E-state index in [1.54, 1.807) is 18.2 Å². The summed E-state index contributed by atoms with van der Waals surface area (Å²) in [5.74, 6) is -0.398. The number of likely N-dealkylation sites (tertiary alicyclic amines) is 1. The quantitative estimate of drug-likeness (QED) is 0.911. The van der Waals surface area contributed by atoms with Crippen molar-refractivity contribution in [2.75, 3.05) is 11.9 Å². The van der Waals surface area contributed by atoms with E-state index < -0.39 is 0 Å². The highest BCUT2D eigenvalue weighted by Gasteiger charge is 2.38. The molecule has 22 heavy (non-hydrogen) atoms. The normalized spacial score (nSPS) is 22.4. The molecule has 1 aromatic carbocycles. The van der Waals surface area contributed by atoms with Crippen LogP contribution in [-0.2, 0) is 9.59 Å². The van der Waals surface area contributed by atoms with Gasteiger partial charge in [0, 0.05) is 24.0 Å². The maximum Gasteiger partial charge on any atom is 0.229 e. The first-order valence-electron chi connectivity index (χ1n) is 7.60. The fraction of sp³-hybridized carbons (Fsp3) is 0.500. The van der Waals surface area contributed by atoms with Gasteiger partial charge in [0.1, 0.15) is 0 Å². The first kappa shape index (κ1) is 15.6. The predicted octanol–water partition coefficient (Wildman–Crippen LogP) is 3.72. The van der Waals surface area contributed by atoms with Gasteiger partial charge in [-0.25, -0.2) is 0 Å². The predicted molar refractivity (Wildman–Crippen MR) is 87.2 cm³/mol. The van der Waals surface area contributed by atoms with Gasteiger partial charge in [-0.1, -0.05) is 36.0 Å². The van der Waals surface area contributed by atoms with E-state index in [2.05, 4.69) is 5.32 Å². The smallest absolute Gasteiger partial charge is 0.229 e. The van der Waals surface area contributed by atoms with Gasteiger partial charge in [-0.05, 0) is 31.0 Å². The molecule has 6 heteroatoms. The van der Waals surface area contributed by atoms with Crippen LogP contribution >= 0.6 is 23.2 Å². The molecular formula is C16H18Cl2N2O2. The van der Waals surface area contributed by atoms with E-state index in [0.29, 0.717) is 28.3 Å². The number of nitrogens with zero attached hydrogens (tertiary/aromatic N) is 1. The third-order valence-corrected chi connectivity index (χ3v) is 5.05. The van der Waals surface area contributed by atoms with Crippen LogP contribution in [0.25, 0.3) is 0 Å². The zero-order valence-electron chi connectivity index (χ0n) is 12.1. The van der Waals surface area contributed by atoms with Gasteiger partial charge >= 0.3 is 0 Å². The first-order valence-corrected chi connectivity index (χ1v) is 8.35. The molecule has 1 unspecified atom stereocenters. The summed E-state index contributed by atoms with van der Waals surface area (Å²) < 4.78 is 0. The molecule has 118 valence electrons. The van der Waals surface area contributed by atoms with Gasteiger partial charge in [-0.3, -0.25) is 9.59 Å². The summed E-state index contributed by atoms with van der Waals surface area (Å²) in [6, 6.07) is 5.25.